The molecule has 1 aromatic carbocycles. The van der Waals surface area contributed by atoms with Crippen molar-refractivity contribution < 1.29 is 22.5 Å². The fourth-order valence-corrected chi connectivity index (χ4v) is 2.85. The van der Waals surface area contributed by atoms with Gasteiger partial charge in [0, 0.05) is 17.2 Å². The zero-order valence-electron chi connectivity index (χ0n) is 14.8. The standard InChI is InChI=1S/C18H18BClF3NO2/c1-16(2)17(3,4)26-19(25-16)13-9-14(15(20)24-10-13)11-6-5-7-12(8-11)18(21,22)23/h5-10H,1-4H3. The Labute approximate surface area is 155 Å². The third-order valence-electron chi connectivity index (χ3n) is 4.89. The molecule has 1 aromatic heterocycles. The van der Waals surface area contributed by atoms with E-state index in [0.717, 1.165) is 12.1 Å². The number of halogens is 4. The molecule has 2 aromatic rings. The molecule has 0 atom stereocenters. The monoisotopic (exact) mass is 383 g/mol. The number of hydrogen-bond acceptors (Lipinski definition) is 3. The summed E-state index contributed by atoms with van der Waals surface area (Å²) in [4.78, 5) is 4.11. The van der Waals surface area contributed by atoms with Crippen LogP contribution in [0.4, 0.5) is 13.2 Å². The largest absolute Gasteiger partial charge is 0.496 e. The number of pyridine rings is 1. The number of rotatable bonds is 2. The van der Waals surface area contributed by atoms with Gasteiger partial charge in [0.1, 0.15) is 5.15 Å². The predicted octanol–water partition coefficient (Wildman–Crippen LogP) is 4.72. The van der Waals surface area contributed by atoms with Crippen molar-refractivity contribution in [3.8, 4) is 11.1 Å². The Morgan fingerprint density at radius 3 is 2.23 bits per heavy atom. The van der Waals surface area contributed by atoms with Gasteiger partial charge in [0.05, 0.1) is 16.8 Å². The van der Waals surface area contributed by atoms with Crippen molar-refractivity contribution >= 4 is 24.2 Å². The van der Waals surface area contributed by atoms with Gasteiger partial charge in [0.25, 0.3) is 0 Å². The summed E-state index contributed by atoms with van der Waals surface area (Å²) in [6.45, 7) is 7.68. The van der Waals surface area contributed by atoms with Crippen LogP contribution in [-0.2, 0) is 15.5 Å². The predicted molar refractivity (Wildman–Crippen MR) is 95.4 cm³/mol. The molecule has 138 valence electrons. The van der Waals surface area contributed by atoms with Crippen LogP contribution in [0.25, 0.3) is 11.1 Å². The topological polar surface area (TPSA) is 31.4 Å². The molecule has 0 amide bonds. The van der Waals surface area contributed by atoms with Gasteiger partial charge >= 0.3 is 13.3 Å². The maximum Gasteiger partial charge on any atom is 0.496 e. The van der Waals surface area contributed by atoms with Gasteiger partial charge in [-0.15, -0.1) is 0 Å². The summed E-state index contributed by atoms with van der Waals surface area (Å²) >= 11 is 6.14. The van der Waals surface area contributed by atoms with Crippen molar-refractivity contribution in [2.75, 3.05) is 0 Å². The molecule has 0 aliphatic carbocycles. The van der Waals surface area contributed by atoms with Gasteiger partial charge < -0.3 is 9.31 Å². The molecule has 8 heteroatoms. The van der Waals surface area contributed by atoms with Gasteiger partial charge in [-0.05, 0) is 51.5 Å². The summed E-state index contributed by atoms with van der Waals surface area (Å²) in [5.41, 5.74) is -0.491. The summed E-state index contributed by atoms with van der Waals surface area (Å²) in [6, 6.07) is 6.63. The van der Waals surface area contributed by atoms with Crippen LogP contribution in [0, 0.1) is 0 Å². The lowest BCUT2D eigenvalue weighted by molar-refractivity contribution is -0.137. The van der Waals surface area contributed by atoms with Crippen molar-refractivity contribution in [2.45, 2.75) is 45.1 Å². The van der Waals surface area contributed by atoms with E-state index in [2.05, 4.69) is 4.98 Å². The van der Waals surface area contributed by atoms with E-state index in [4.69, 9.17) is 20.9 Å². The second-order valence-electron chi connectivity index (χ2n) is 7.27. The molecule has 2 heterocycles. The maximum absolute atomic E-state index is 13.0. The Bertz CT molecular complexity index is 823. The van der Waals surface area contributed by atoms with E-state index in [-0.39, 0.29) is 5.15 Å². The van der Waals surface area contributed by atoms with Crippen LogP contribution in [-0.4, -0.2) is 23.3 Å². The molecule has 0 bridgehead atoms. The molecular formula is C18H18BClF3NO2. The van der Waals surface area contributed by atoms with Crippen LogP contribution in [0.3, 0.4) is 0 Å². The van der Waals surface area contributed by atoms with Crippen LogP contribution < -0.4 is 5.46 Å². The van der Waals surface area contributed by atoms with Crippen molar-refractivity contribution in [2.24, 2.45) is 0 Å². The SMILES string of the molecule is CC1(C)OB(c2cnc(Cl)c(-c3cccc(C(F)(F)F)c3)c2)OC1(C)C. The molecule has 3 nitrogen and oxygen atoms in total. The molecule has 1 fully saturated rings. The summed E-state index contributed by atoms with van der Waals surface area (Å²) < 4.78 is 50.9. The first kappa shape index (κ1) is 19.2. The molecule has 0 radical (unpaired) electrons. The van der Waals surface area contributed by atoms with Gasteiger partial charge in [0.15, 0.2) is 0 Å². The van der Waals surface area contributed by atoms with E-state index >= 15 is 0 Å². The van der Waals surface area contributed by atoms with Crippen LogP contribution in [0.15, 0.2) is 36.5 Å². The van der Waals surface area contributed by atoms with Gasteiger partial charge in [-0.1, -0.05) is 23.7 Å². The van der Waals surface area contributed by atoms with Crippen LogP contribution in [0.5, 0.6) is 0 Å². The number of nitrogens with zero attached hydrogens (tertiary/aromatic N) is 1. The minimum atomic E-state index is -4.43. The maximum atomic E-state index is 13.0. The van der Waals surface area contributed by atoms with Gasteiger partial charge in [-0.3, -0.25) is 0 Å². The smallest absolute Gasteiger partial charge is 0.399 e. The number of alkyl halides is 3. The number of aromatic nitrogens is 1. The van der Waals surface area contributed by atoms with E-state index in [0.29, 0.717) is 16.6 Å². The average molecular weight is 384 g/mol. The van der Waals surface area contributed by atoms with E-state index in [1.165, 1.54) is 12.3 Å². The fraction of sp³-hybridized carbons (Fsp3) is 0.389. The van der Waals surface area contributed by atoms with Gasteiger partial charge in [-0.2, -0.15) is 13.2 Å². The third-order valence-corrected chi connectivity index (χ3v) is 5.19. The zero-order valence-corrected chi connectivity index (χ0v) is 15.6. The van der Waals surface area contributed by atoms with Crippen molar-refractivity contribution in [1.29, 1.82) is 0 Å². The van der Waals surface area contributed by atoms with Crippen LogP contribution >= 0.6 is 11.6 Å². The molecule has 1 aliphatic heterocycles. The molecule has 0 unspecified atom stereocenters. The lowest BCUT2D eigenvalue weighted by atomic mass is 9.79. The van der Waals surface area contributed by atoms with E-state index < -0.39 is 30.1 Å². The Balaban J connectivity index is 2.00. The first-order valence-corrected chi connectivity index (χ1v) is 8.47. The molecule has 26 heavy (non-hydrogen) atoms. The summed E-state index contributed by atoms with van der Waals surface area (Å²) in [5.74, 6) is 0. The molecular weight excluding hydrogens is 365 g/mol. The first-order chi connectivity index (χ1) is 11.9. The second kappa shape index (κ2) is 6.25. The minimum Gasteiger partial charge on any atom is -0.399 e. The van der Waals surface area contributed by atoms with Crippen molar-refractivity contribution in [1.82, 2.24) is 4.98 Å². The normalized spacial score (nSPS) is 19.0. The molecule has 1 saturated heterocycles. The fourth-order valence-electron chi connectivity index (χ4n) is 2.64. The first-order valence-electron chi connectivity index (χ1n) is 8.09. The summed E-state index contributed by atoms with van der Waals surface area (Å²) in [6.07, 6.45) is -2.92. The molecule has 1 aliphatic rings. The number of hydrogen-bond donors (Lipinski definition) is 0. The summed E-state index contributed by atoms with van der Waals surface area (Å²) in [7, 11) is -0.672. The molecule has 0 N–H and O–H groups in total. The second-order valence-corrected chi connectivity index (χ2v) is 7.63. The highest BCUT2D eigenvalue weighted by molar-refractivity contribution is 6.62. The van der Waals surface area contributed by atoms with Crippen LogP contribution in [0.2, 0.25) is 5.15 Å². The average Bonchev–Trinajstić information content (AvgIpc) is 2.75. The number of benzene rings is 1. The van der Waals surface area contributed by atoms with Gasteiger partial charge in [0.2, 0.25) is 0 Å². The Morgan fingerprint density at radius 1 is 1.04 bits per heavy atom. The van der Waals surface area contributed by atoms with Crippen molar-refractivity contribution in [3.05, 3.63) is 47.2 Å². The molecule has 0 spiro atoms. The molecule has 0 saturated carbocycles. The Hall–Kier alpha value is -1.57. The highest BCUT2D eigenvalue weighted by Gasteiger charge is 2.51. The highest BCUT2D eigenvalue weighted by atomic mass is 35.5. The lowest BCUT2D eigenvalue weighted by Crippen LogP contribution is -2.41. The van der Waals surface area contributed by atoms with Crippen LogP contribution in [0.1, 0.15) is 33.3 Å². The van der Waals surface area contributed by atoms with Gasteiger partial charge in [-0.25, -0.2) is 4.98 Å². The van der Waals surface area contributed by atoms with E-state index in [9.17, 15) is 13.2 Å². The Kier molecular flexibility index (Phi) is 4.62. The zero-order chi connectivity index (χ0) is 19.3. The lowest BCUT2D eigenvalue weighted by Gasteiger charge is -2.32. The minimum absolute atomic E-state index is 0.115. The Morgan fingerprint density at radius 2 is 1.65 bits per heavy atom. The third kappa shape index (κ3) is 3.48. The highest BCUT2D eigenvalue weighted by Crippen LogP contribution is 2.37. The van der Waals surface area contributed by atoms with E-state index in [1.54, 1.807) is 12.1 Å². The summed E-state index contributed by atoms with van der Waals surface area (Å²) in [5, 5.41) is 0.115. The van der Waals surface area contributed by atoms with Crippen molar-refractivity contribution in [3.63, 3.8) is 0 Å². The van der Waals surface area contributed by atoms with E-state index in [1.807, 2.05) is 27.7 Å². The quantitative estimate of drug-likeness (QED) is 0.555. The molecule has 3 rings (SSSR count).